The largest absolute Gasteiger partial charge is 0.457 e. The molecule has 32 heavy (non-hydrogen) atoms. The van der Waals surface area contributed by atoms with E-state index in [0.717, 1.165) is 47.0 Å². The molecule has 3 aromatic rings. The highest BCUT2D eigenvalue weighted by molar-refractivity contribution is 6.07. The normalized spacial score (nSPS) is 14.8. The third kappa shape index (κ3) is 4.09. The summed E-state index contributed by atoms with van der Waals surface area (Å²) in [6.45, 7) is 4.13. The lowest BCUT2D eigenvalue weighted by molar-refractivity contribution is -0.117. The number of nitrogens with zero attached hydrogens (tertiary/aromatic N) is 1. The number of para-hydroxylation sites is 1. The van der Waals surface area contributed by atoms with Gasteiger partial charge in [-0.2, -0.15) is 0 Å². The van der Waals surface area contributed by atoms with Crippen LogP contribution in [0.1, 0.15) is 17.7 Å². The van der Waals surface area contributed by atoms with Gasteiger partial charge in [0.15, 0.2) is 0 Å². The number of aromatic nitrogens is 1. The molecule has 1 amide bonds. The van der Waals surface area contributed by atoms with Crippen LogP contribution in [0.3, 0.4) is 0 Å². The maximum Gasteiger partial charge on any atom is 0.243 e. The van der Waals surface area contributed by atoms with Gasteiger partial charge in [0.05, 0.1) is 5.56 Å². The lowest BCUT2D eigenvalue weighted by atomic mass is 9.96. The number of hydrogen-bond acceptors (Lipinski definition) is 4. The van der Waals surface area contributed by atoms with E-state index in [0.29, 0.717) is 12.1 Å². The molecular formula is C25H27N5O2. The number of nitrogens with two attached hydrogens (primary N) is 1. The zero-order valence-electron chi connectivity index (χ0n) is 18.0. The molecule has 5 N–H and O–H groups in total. The number of rotatable bonds is 7. The van der Waals surface area contributed by atoms with Gasteiger partial charge in [-0.1, -0.05) is 36.9 Å². The lowest BCUT2D eigenvalue weighted by Gasteiger charge is -2.27. The molecule has 0 bridgehead atoms. The van der Waals surface area contributed by atoms with Crippen molar-refractivity contribution < 1.29 is 9.53 Å². The molecule has 164 valence electrons. The summed E-state index contributed by atoms with van der Waals surface area (Å²) < 4.78 is 8.04. The van der Waals surface area contributed by atoms with Crippen LogP contribution >= 0.6 is 0 Å². The summed E-state index contributed by atoms with van der Waals surface area (Å²) in [5.41, 5.74) is 9.72. The molecule has 0 saturated carbocycles. The van der Waals surface area contributed by atoms with E-state index in [1.54, 1.807) is 0 Å². The maximum absolute atomic E-state index is 11.8. The van der Waals surface area contributed by atoms with Gasteiger partial charge in [0, 0.05) is 30.9 Å². The van der Waals surface area contributed by atoms with E-state index < -0.39 is 0 Å². The minimum atomic E-state index is -0.183. The summed E-state index contributed by atoms with van der Waals surface area (Å²) in [5, 5.41) is 14.4. The van der Waals surface area contributed by atoms with Crippen LogP contribution in [-0.2, 0) is 17.8 Å². The van der Waals surface area contributed by atoms with Crippen LogP contribution in [0.25, 0.3) is 11.1 Å². The average Bonchev–Trinajstić information content (AvgIpc) is 3.14. The SMILES string of the molecule is C=CC(=O)NC1CCc2c(-c3ccc(Oc4ccccc4)cc3)c(C(=N)N)c(NC)n2C1. The fourth-order valence-electron chi connectivity index (χ4n) is 4.28. The molecule has 1 aliphatic rings. The molecule has 2 heterocycles. The molecular weight excluding hydrogens is 402 g/mol. The molecule has 1 unspecified atom stereocenters. The van der Waals surface area contributed by atoms with E-state index in [-0.39, 0.29) is 17.8 Å². The predicted molar refractivity (Wildman–Crippen MR) is 127 cm³/mol. The number of nitrogens with one attached hydrogen (secondary N) is 3. The van der Waals surface area contributed by atoms with E-state index >= 15 is 0 Å². The first-order chi connectivity index (χ1) is 15.5. The fraction of sp³-hybridized carbons (Fsp3) is 0.200. The predicted octanol–water partition coefficient (Wildman–Crippen LogP) is 3.89. The first-order valence-corrected chi connectivity index (χ1v) is 10.6. The zero-order valence-corrected chi connectivity index (χ0v) is 18.0. The number of nitrogen functional groups attached to an aromatic ring is 1. The summed E-state index contributed by atoms with van der Waals surface area (Å²) >= 11 is 0. The van der Waals surface area contributed by atoms with Crippen molar-refractivity contribution in [2.75, 3.05) is 12.4 Å². The molecule has 1 atom stereocenters. The second-order valence-corrected chi connectivity index (χ2v) is 7.71. The van der Waals surface area contributed by atoms with Gasteiger partial charge in [-0.15, -0.1) is 0 Å². The Morgan fingerprint density at radius 2 is 1.88 bits per heavy atom. The molecule has 0 spiro atoms. The second kappa shape index (κ2) is 9.01. The number of ether oxygens (including phenoxy) is 1. The van der Waals surface area contributed by atoms with Gasteiger partial charge in [-0.3, -0.25) is 10.2 Å². The van der Waals surface area contributed by atoms with Gasteiger partial charge in [0.2, 0.25) is 5.91 Å². The van der Waals surface area contributed by atoms with Gasteiger partial charge in [-0.05, 0) is 48.7 Å². The quantitative estimate of drug-likeness (QED) is 0.260. The Morgan fingerprint density at radius 1 is 1.19 bits per heavy atom. The Labute approximate surface area is 187 Å². The topological polar surface area (TPSA) is 105 Å². The summed E-state index contributed by atoms with van der Waals surface area (Å²) in [6.07, 6.45) is 2.84. The Balaban J connectivity index is 1.70. The van der Waals surface area contributed by atoms with Crippen molar-refractivity contribution in [2.24, 2.45) is 5.73 Å². The minimum Gasteiger partial charge on any atom is -0.457 e. The highest BCUT2D eigenvalue weighted by atomic mass is 16.5. The summed E-state index contributed by atoms with van der Waals surface area (Å²) in [7, 11) is 1.82. The molecule has 1 aliphatic heterocycles. The van der Waals surface area contributed by atoms with Gasteiger partial charge < -0.3 is 25.7 Å². The van der Waals surface area contributed by atoms with Crippen molar-refractivity contribution in [1.82, 2.24) is 9.88 Å². The Kier molecular flexibility index (Phi) is 5.98. The third-order valence-electron chi connectivity index (χ3n) is 5.66. The lowest BCUT2D eigenvalue weighted by Crippen LogP contribution is -2.40. The molecule has 2 aromatic carbocycles. The number of carbonyl (C=O) groups is 1. The monoisotopic (exact) mass is 429 g/mol. The van der Waals surface area contributed by atoms with Gasteiger partial charge >= 0.3 is 0 Å². The zero-order chi connectivity index (χ0) is 22.7. The molecule has 0 radical (unpaired) electrons. The first kappa shape index (κ1) is 21.2. The van der Waals surface area contributed by atoms with E-state index in [1.807, 2.05) is 61.6 Å². The maximum atomic E-state index is 11.8. The van der Waals surface area contributed by atoms with Crippen LogP contribution in [0.5, 0.6) is 11.5 Å². The average molecular weight is 430 g/mol. The Hall–Kier alpha value is -4.00. The summed E-state index contributed by atoms with van der Waals surface area (Å²) in [4.78, 5) is 11.8. The van der Waals surface area contributed by atoms with Crippen molar-refractivity contribution in [3.63, 3.8) is 0 Å². The minimum absolute atomic E-state index is 0.00235. The number of anilines is 1. The van der Waals surface area contributed by atoms with Crippen molar-refractivity contribution in [3.05, 3.63) is 78.5 Å². The highest BCUT2D eigenvalue weighted by Crippen LogP contribution is 2.39. The van der Waals surface area contributed by atoms with Gasteiger partial charge in [0.25, 0.3) is 0 Å². The third-order valence-corrected chi connectivity index (χ3v) is 5.66. The van der Waals surface area contributed by atoms with E-state index in [9.17, 15) is 4.79 Å². The molecule has 7 nitrogen and oxygen atoms in total. The number of fused-ring (bicyclic) bond motifs is 1. The number of amidine groups is 1. The van der Waals surface area contributed by atoms with Crippen LogP contribution in [0.2, 0.25) is 0 Å². The van der Waals surface area contributed by atoms with E-state index in [4.69, 9.17) is 15.9 Å². The molecule has 4 rings (SSSR count). The fourth-order valence-corrected chi connectivity index (χ4v) is 4.28. The summed E-state index contributed by atoms with van der Waals surface area (Å²) in [5.74, 6) is 2.11. The van der Waals surface area contributed by atoms with Crippen molar-refractivity contribution in [3.8, 4) is 22.6 Å². The number of carbonyl (C=O) groups excluding carboxylic acids is 1. The van der Waals surface area contributed by atoms with E-state index in [2.05, 4.69) is 21.8 Å². The first-order valence-electron chi connectivity index (χ1n) is 10.6. The molecule has 0 saturated heterocycles. The second-order valence-electron chi connectivity index (χ2n) is 7.71. The van der Waals surface area contributed by atoms with Gasteiger partial charge in [-0.25, -0.2) is 0 Å². The van der Waals surface area contributed by atoms with Crippen LogP contribution in [0.4, 0.5) is 5.82 Å². The highest BCUT2D eigenvalue weighted by Gasteiger charge is 2.30. The number of amides is 1. The van der Waals surface area contributed by atoms with Crippen LogP contribution in [0, 0.1) is 5.41 Å². The van der Waals surface area contributed by atoms with Crippen molar-refractivity contribution >= 4 is 17.6 Å². The molecule has 0 aliphatic carbocycles. The van der Waals surface area contributed by atoms with E-state index in [1.165, 1.54) is 6.08 Å². The Bertz CT molecular complexity index is 1150. The molecule has 7 heteroatoms. The van der Waals surface area contributed by atoms with Crippen molar-refractivity contribution in [1.29, 1.82) is 5.41 Å². The van der Waals surface area contributed by atoms with Crippen LogP contribution in [0.15, 0.2) is 67.3 Å². The van der Waals surface area contributed by atoms with Crippen LogP contribution < -0.4 is 21.1 Å². The molecule has 1 aromatic heterocycles. The molecule has 0 fully saturated rings. The van der Waals surface area contributed by atoms with Gasteiger partial charge in [0.1, 0.15) is 23.2 Å². The number of hydrogen-bond donors (Lipinski definition) is 4. The van der Waals surface area contributed by atoms with Crippen LogP contribution in [-0.4, -0.2) is 29.4 Å². The number of benzene rings is 2. The summed E-state index contributed by atoms with van der Waals surface area (Å²) in [6, 6.07) is 17.4. The standard InChI is InChI=1S/C25H27N5O2/c1-3-21(31)29-17-11-14-20-22(23(24(26)27)25(28-2)30(20)15-17)16-9-12-19(13-10-16)32-18-7-5-4-6-8-18/h3-10,12-13,17,28H,1,11,14-15H2,2H3,(H3,26,27)(H,29,31). The smallest absolute Gasteiger partial charge is 0.243 e. The Morgan fingerprint density at radius 3 is 2.50 bits per heavy atom. The van der Waals surface area contributed by atoms with Crippen molar-refractivity contribution in [2.45, 2.75) is 25.4 Å².